The summed E-state index contributed by atoms with van der Waals surface area (Å²) in [6.45, 7) is 4.63. The number of rotatable bonds is 6. The van der Waals surface area contributed by atoms with E-state index in [1.807, 2.05) is 0 Å². The molecular formula is C11H19NO3. The largest absolute Gasteiger partial charge is 0.463 e. The molecular weight excluding hydrogens is 194 g/mol. The molecule has 15 heavy (non-hydrogen) atoms. The molecule has 4 heteroatoms. The molecule has 0 spiro atoms. The third kappa shape index (κ3) is 5.54. The Morgan fingerprint density at radius 3 is 3.20 bits per heavy atom. The lowest BCUT2D eigenvalue weighted by Crippen LogP contribution is -2.26. The van der Waals surface area contributed by atoms with Crippen molar-refractivity contribution in [3.63, 3.8) is 0 Å². The molecule has 1 aliphatic rings. The summed E-state index contributed by atoms with van der Waals surface area (Å²) in [5, 5.41) is 3.21. The molecule has 1 atom stereocenters. The Bertz CT molecular complexity index is 210. The van der Waals surface area contributed by atoms with E-state index in [9.17, 15) is 4.79 Å². The van der Waals surface area contributed by atoms with Crippen LogP contribution >= 0.6 is 0 Å². The van der Waals surface area contributed by atoms with Crippen molar-refractivity contribution in [1.82, 2.24) is 5.32 Å². The van der Waals surface area contributed by atoms with E-state index in [0.29, 0.717) is 19.3 Å². The minimum atomic E-state index is -0.281. The molecule has 1 N–H and O–H groups in total. The molecule has 86 valence electrons. The first kappa shape index (κ1) is 12.2. The van der Waals surface area contributed by atoms with Crippen LogP contribution in [-0.4, -0.2) is 38.4 Å². The van der Waals surface area contributed by atoms with Gasteiger partial charge >= 0.3 is 5.97 Å². The lowest BCUT2D eigenvalue weighted by Gasteiger charge is -2.08. The molecule has 0 aromatic rings. The molecule has 1 saturated heterocycles. The minimum Gasteiger partial charge on any atom is -0.463 e. The second kappa shape index (κ2) is 7.43. The molecule has 1 rings (SSSR count). The van der Waals surface area contributed by atoms with Crippen molar-refractivity contribution >= 4 is 5.97 Å². The van der Waals surface area contributed by atoms with Crippen LogP contribution in [0.2, 0.25) is 0 Å². The molecule has 0 amide bonds. The minimum absolute atomic E-state index is 0.281. The highest BCUT2D eigenvalue weighted by Crippen LogP contribution is 2.10. The van der Waals surface area contributed by atoms with E-state index in [-0.39, 0.29) is 5.97 Å². The zero-order valence-electron chi connectivity index (χ0n) is 9.20. The van der Waals surface area contributed by atoms with Crippen molar-refractivity contribution in [3.05, 3.63) is 12.2 Å². The van der Waals surface area contributed by atoms with Gasteiger partial charge in [-0.2, -0.15) is 0 Å². The van der Waals surface area contributed by atoms with Gasteiger partial charge < -0.3 is 14.8 Å². The summed E-state index contributed by atoms with van der Waals surface area (Å²) in [6.07, 6.45) is 5.86. The zero-order chi connectivity index (χ0) is 10.9. The standard InChI is InChI=1S/C11H19NO3/c1-2-14-11(13)6-3-7-12-9-10-5-4-8-15-10/h3,6,10,12H,2,4-5,7-9H2,1H3/b6-3+. The van der Waals surface area contributed by atoms with Crippen LogP contribution in [0.5, 0.6) is 0 Å². The van der Waals surface area contributed by atoms with Crippen LogP contribution in [0.15, 0.2) is 12.2 Å². The van der Waals surface area contributed by atoms with E-state index in [0.717, 1.165) is 26.0 Å². The first-order valence-electron chi connectivity index (χ1n) is 5.48. The van der Waals surface area contributed by atoms with Crippen molar-refractivity contribution in [2.24, 2.45) is 0 Å². The highest BCUT2D eigenvalue weighted by Gasteiger charge is 2.13. The predicted octanol–water partition coefficient (Wildman–Crippen LogP) is 0.874. The molecule has 0 saturated carbocycles. The summed E-state index contributed by atoms with van der Waals surface area (Å²) in [5.74, 6) is -0.281. The van der Waals surface area contributed by atoms with E-state index in [2.05, 4.69) is 5.32 Å². The molecule has 1 aliphatic heterocycles. The van der Waals surface area contributed by atoms with Gasteiger partial charge in [0.25, 0.3) is 0 Å². The molecule has 0 radical (unpaired) electrons. The third-order valence-corrected chi connectivity index (χ3v) is 2.20. The Morgan fingerprint density at radius 2 is 2.53 bits per heavy atom. The average Bonchev–Trinajstić information content (AvgIpc) is 2.70. The van der Waals surface area contributed by atoms with Crippen molar-refractivity contribution in [3.8, 4) is 0 Å². The lowest BCUT2D eigenvalue weighted by molar-refractivity contribution is -0.137. The maximum absolute atomic E-state index is 10.9. The van der Waals surface area contributed by atoms with E-state index in [1.165, 1.54) is 6.08 Å². The first-order valence-corrected chi connectivity index (χ1v) is 5.48. The fourth-order valence-corrected chi connectivity index (χ4v) is 1.48. The van der Waals surface area contributed by atoms with E-state index < -0.39 is 0 Å². The van der Waals surface area contributed by atoms with Crippen LogP contribution in [0.1, 0.15) is 19.8 Å². The van der Waals surface area contributed by atoms with Gasteiger partial charge in [0.2, 0.25) is 0 Å². The normalized spacial score (nSPS) is 21.0. The number of hydrogen-bond acceptors (Lipinski definition) is 4. The molecule has 0 bridgehead atoms. The van der Waals surface area contributed by atoms with Crippen LogP contribution in [0.4, 0.5) is 0 Å². The van der Waals surface area contributed by atoms with E-state index in [4.69, 9.17) is 9.47 Å². The lowest BCUT2D eigenvalue weighted by atomic mass is 10.2. The number of esters is 1. The summed E-state index contributed by atoms with van der Waals surface area (Å²) in [7, 11) is 0. The monoisotopic (exact) mass is 213 g/mol. The molecule has 0 aromatic heterocycles. The summed E-state index contributed by atoms with van der Waals surface area (Å²) in [6, 6.07) is 0. The second-order valence-corrected chi connectivity index (χ2v) is 3.45. The second-order valence-electron chi connectivity index (χ2n) is 3.45. The third-order valence-electron chi connectivity index (χ3n) is 2.20. The quantitative estimate of drug-likeness (QED) is 0.404. The molecule has 0 aliphatic carbocycles. The van der Waals surface area contributed by atoms with Gasteiger partial charge in [0, 0.05) is 25.8 Å². The molecule has 1 fully saturated rings. The van der Waals surface area contributed by atoms with Gasteiger partial charge in [-0.3, -0.25) is 0 Å². The average molecular weight is 213 g/mol. The van der Waals surface area contributed by atoms with Gasteiger partial charge in [0.1, 0.15) is 0 Å². The van der Waals surface area contributed by atoms with Crippen LogP contribution in [0.25, 0.3) is 0 Å². The summed E-state index contributed by atoms with van der Waals surface area (Å²) < 4.78 is 10.2. The Morgan fingerprint density at radius 1 is 1.67 bits per heavy atom. The highest BCUT2D eigenvalue weighted by molar-refractivity contribution is 5.81. The van der Waals surface area contributed by atoms with Gasteiger partial charge in [-0.1, -0.05) is 6.08 Å². The van der Waals surface area contributed by atoms with Crippen molar-refractivity contribution in [1.29, 1.82) is 0 Å². The summed E-state index contributed by atoms with van der Waals surface area (Å²) >= 11 is 0. The SMILES string of the molecule is CCOC(=O)/C=C/CNCC1CCCO1. The Kier molecular flexibility index (Phi) is 6.04. The van der Waals surface area contributed by atoms with Gasteiger partial charge in [-0.15, -0.1) is 0 Å². The summed E-state index contributed by atoms with van der Waals surface area (Å²) in [5.41, 5.74) is 0. The van der Waals surface area contributed by atoms with Crippen molar-refractivity contribution in [2.45, 2.75) is 25.9 Å². The van der Waals surface area contributed by atoms with Crippen LogP contribution in [-0.2, 0) is 14.3 Å². The van der Waals surface area contributed by atoms with Gasteiger partial charge in [0.05, 0.1) is 12.7 Å². The first-order chi connectivity index (χ1) is 7.33. The number of carbonyl (C=O) groups excluding carboxylic acids is 1. The number of carbonyl (C=O) groups is 1. The van der Waals surface area contributed by atoms with E-state index >= 15 is 0 Å². The number of hydrogen-bond donors (Lipinski definition) is 1. The van der Waals surface area contributed by atoms with Crippen molar-refractivity contribution < 1.29 is 14.3 Å². The topological polar surface area (TPSA) is 47.6 Å². The Balaban J connectivity index is 1.97. The summed E-state index contributed by atoms with van der Waals surface area (Å²) in [4.78, 5) is 10.9. The number of ether oxygens (including phenoxy) is 2. The van der Waals surface area contributed by atoms with Gasteiger partial charge in [0.15, 0.2) is 0 Å². The Labute approximate surface area is 90.6 Å². The number of nitrogens with one attached hydrogen (secondary N) is 1. The predicted molar refractivity (Wildman–Crippen MR) is 57.6 cm³/mol. The molecule has 1 unspecified atom stereocenters. The smallest absolute Gasteiger partial charge is 0.330 e. The molecule has 4 nitrogen and oxygen atoms in total. The molecule has 0 aromatic carbocycles. The maximum atomic E-state index is 10.9. The van der Waals surface area contributed by atoms with Crippen molar-refractivity contribution in [2.75, 3.05) is 26.3 Å². The van der Waals surface area contributed by atoms with Gasteiger partial charge in [-0.05, 0) is 19.8 Å². The maximum Gasteiger partial charge on any atom is 0.330 e. The van der Waals surface area contributed by atoms with Crippen LogP contribution < -0.4 is 5.32 Å². The van der Waals surface area contributed by atoms with Crippen LogP contribution in [0.3, 0.4) is 0 Å². The Hall–Kier alpha value is -0.870. The zero-order valence-corrected chi connectivity index (χ0v) is 9.20. The highest BCUT2D eigenvalue weighted by atomic mass is 16.5. The fraction of sp³-hybridized carbons (Fsp3) is 0.727. The van der Waals surface area contributed by atoms with E-state index in [1.54, 1.807) is 13.0 Å². The molecule has 1 heterocycles. The van der Waals surface area contributed by atoms with Gasteiger partial charge in [-0.25, -0.2) is 4.79 Å². The van der Waals surface area contributed by atoms with Crippen LogP contribution in [0, 0.1) is 0 Å². The fourth-order valence-electron chi connectivity index (χ4n) is 1.48.